The van der Waals surface area contributed by atoms with Crippen LogP contribution < -0.4 is 10.9 Å². The van der Waals surface area contributed by atoms with Gasteiger partial charge in [-0.15, -0.1) is 0 Å². The van der Waals surface area contributed by atoms with E-state index in [-0.39, 0.29) is 18.0 Å². The summed E-state index contributed by atoms with van der Waals surface area (Å²) >= 11 is 0. The Balaban J connectivity index is 1.83. The summed E-state index contributed by atoms with van der Waals surface area (Å²) in [5, 5.41) is 3.34. The highest BCUT2D eigenvalue weighted by atomic mass is 19.1. The molecule has 1 aromatic carbocycles. The van der Waals surface area contributed by atoms with E-state index in [0.29, 0.717) is 24.0 Å². The van der Waals surface area contributed by atoms with E-state index in [1.165, 1.54) is 18.2 Å². The lowest BCUT2D eigenvalue weighted by atomic mass is 10.1. The fraction of sp³-hybridized carbons (Fsp3) is 0.333. The SMILES string of the molecule is O=C(NCc1cc(=O)oc2cc(F)ccc12)C1CCCO1. The number of carbonyl (C=O) groups is 1. The summed E-state index contributed by atoms with van der Waals surface area (Å²) < 4.78 is 23.4. The van der Waals surface area contributed by atoms with Crippen LogP contribution in [-0.2, 0) is 16.1 Å². The summed E-state index contributed by atoms with van der Waals surface area (Å²) in [6.07, 6.45) is 1.15. The number of halogens is 1. The molecule has 5 nitrogen and oxygen atoms in total. The smallest absolute Gasteiger partial charge is 0.336 e. The molecule has 0 bridgehead atoms. The van der Waals surface area contributed by atoms with Crippen molar-refractivity contribution < 1.29 is 18.3 Å². The number of hydrogen-bond acceptors (Lipinski definition) is 4. The van der Waals surface area contributed by atoms with Crippen molar-refractivity contribution in [1.82, 2.24) is 5.32 Å². The van der Waals surface area contributed by atoms with Gasteiger partial charge in [0.25, 0.3) is 0 Å². The summed E-state index contributed by atoms with van der Waals surface area (Å²) in [5.74, 6) is -0.679. The number of fused-ring (bicyclic) bond motifs is 1. The quantitative estimate of drug-likeness (QED) is 0.874. The van der Waals surface area contributed by atoms with Crippen molar-refractivity contribution in [3.8, 4) is 0 Å². The van der Waals surface area contributed by atoms with Gasteiger partial charge in [-0.25, -0.2) is 9.18 Å². The number of amides is 1. The number of benzene rings is 1. The monoisotopic (exact) mass is 291 g/mol. The molecule has 1 saturated heterocycles. The maximum absolute atomic E-state index is 13.2. The first-order chi connectivity index (χ1) is 10.1. The van der Waals surface area contributed by atoms with Gasteiger partial charge < -0.3 is 14.5 Å². The van der Waals surface area contributed by atoms with E-state index in [4.69, 9.17) is 9.15 Å². The molecule has 0 saturated carbocycles. The zero-order chi connectivity index (χ0) is 14.8. The molecule has 1 unspecified atom stereocenters. The van der Waals surface area contributed by atoms with Crippen molar-refractivity contribution >= 4 is 16.9 Å². The summed E-state index contributed by atoms with van der Waals surface area (Å²) in [7, 11) is 0. The van der Waals surface area contributed by atoms with Gasteiger partial charge >= 0.3 is 5.63 Å². The van der Waals surface area contributed by atoms with Gasteiger partial charge in [-0.2, -0.15) is 0 Å². The van der Waals surface area contributed by atoms with Crippen LogP contribution in [-0.4, -0.2) is 18.6 Å². The van der Waals surface area contributed by atoms with Crippen molar-refractivity contribution in [2.75, 3.05) is 6.61 Å². The van der Waals surface area contributed by atoms with Crippen LogP contribution in [0.4, 0.5) is 4.39 Å². The van der Waals surface area contributed by atoms with E-state index in [2.05, 4.69) is 5.32 Å². The maximum Gasteiger partial charge on any atom is 0.336 e. The van der Waals surface area contributed by atoms with Gasteiger partial charge in [-0.1, -0.05) is 0 Å². The summed E-state index contributed by atoms with van der Waals surface area (Å²) in [4.78, 5) is 23.4. The van der Waals surface area contributed by atoms with Gasteiger partial charge in [0.1, 0.15) is 17.5 Å². The fourth-order valence-corrected chi connectivity index (χ4v) is 2.43. The van der Waals surface area contributed by atoms with Crippen LogP contribution in [0.25, 0.3) is 11.0 Å². The molecular weight excluding hydrogens is 277 g/mol. The number of nitrogens with one attached hydrogen (secondary N) is 1. The molecule has 2 heterocycles. The lowest BCUT2D eigenvalue weighted by molar-refractivity contribution is -0.130. The Bertz CT molecular complexity index is 734. The first kappa shape index (κ1) is 13.8. The largest absolute Gasteiger partial charge is 0.423 e. The Morgan fingerprint density at radius 2 is 2.24 bits per heavy atom. The molecule has 1 fully saturated rings. The third-order valence-corrected chi connectivity index (χ3v) is 3.47. The lowest BCUT2D eigenvalue weighted by Gasteiger charge is -2.11. The molecule has 1 aliphatic rings. The zero-order valence-corrected chi connectivity index (χ0v) is 11.2. The topological polar surface area (TPSA) is 68.5 Å². The number of rotatable bonds is 3. The van der Waals surface area contributed by atoms with E-state index < -0.39 is 17.5 Å². The standard InChI is InChI=1S/C15H14FNO4/c16-10-3-4-11-9(6-14(18)21-13(11)7-10)8-17-15(19)12-2-1-5-20-12/h3-4,6-7,12H,1-2,5,8H2,(H,17,19). The fourth-order valence-electron chi connectivity index (χ4n) is 2.43. The Morgan fingerprint density at radius 1 is 1.38 bits per heavy atom. The highest BCUT2D eigenvalue weighted by Crippen LogP contribution is 2.18. The molecule has 1 atom stereocenters. The molecule has 1 N–H and O–H groups in total. The van der Waals surface area contributed by atoms with Crippen LogP contribution in [0.2, 0.25) is 0 Å². The second kappa shape index (κ2) is 5.65. The minimum absolute atomic E-state index is 0.170. The third kappa shape index (κ3) is 2.95. The molecular formula is C15H14FNO4. The number of carbonyl (C=O) groups excluding carboxylic acids is 1. The molecule has 21 heavy (non-hydrogen) atoms. The Hall–Kier alpha value is -2.21. The highest BCUT2D eigenvalue weighted by Gasteiger charge is 2.23. The minimum Gasteiger partial charge on any atom is -0.423 e. The van der Waals surface area contributed by atoms with Crippen LogP contribution in [0.3, 0.4) is 0 Å². The molecule has 0 aliphatic carbocycles. The average Bonchev–Trinajstić information content (AvgIpc) is 2.97. The predicted molar refractivity (Wildman–Crippen MR) is 73.3 cm³/mol. The second-order valence-corrected chi connectivity index (χ2v) is 4.95. The molecule has 1 amide bonds. The molecule has 0 radical (unpaired) electrons. The van der Waals surface area contributed by atoms with E-state index in [0.717, 1.165) is 12.5 Å². The predicted octanol–water partition coefficient (Wildman–Crippen LogP) is 1.73. The molecule has 110 valence electrons. The van der Waals surface area contributed by atoms with E-state index in [9.17, 15) is 14.0 Å². The Kier molecular flexibility index (Phi) is 3.70. The zero-order valence-electron chi connectivity index (χ0n) is 11.2. The molecule has 1 aliphatic heterocycles. The number of ether oxygens (including phenoxy) is 1. The van der Waals surface area contributed by atoms with Gasteiger partial charge in [0, 0.05) is 30.7 Å². The van der Waals surface area contributed by atoms with Crippen LogP contribution >= 0.6 is 0 Å². The first-order valence-corrected chi connectivity index (χ1v) is 6.75. The second-order valence-electron chi connectivity index (χ2n) is 4.95. The van der Waals surface area contributed by atoms with Gasteiger partial charge in [-0.05, 0) is 30.5 Å². The lowest BCUT2D eigenvalue weighted by Crippen LogP contribution is -2.33. The summed E-state index contributed by atoms with van der Waals surface area (Å²) in [5.41, 5.74) is 0.186. The van der Waals surface area contributed by atoms with Crippen molar-refractivity contribution in [2.24, 2.45) is 0 Å². The molecule has 3 rings (SSSR count). The van der Waals surface area contributed by atoms with E-state index >= 15 is 0 Å². The van der Waals surface area contributed by atoms with Crippen LogP contribution in [0, 0.1) is 5.82 Å². The van der Waals surface area contributed by atoms with Gasteiger partial charge in [0.05, 0.1) is 0 Å². The summed E-state index contributed by atoms with van der Waals surface area (Å²) in [6, 6.07) is 5.27. The molecule has 0 spiro atoms. The minimum atomic E-state index is -0.575. The van der Waals surface area contributed by atoms with Crippen LogP contribution in [0.5, 0.6) is 0 Å². The van der Waals surface area contributed by atoms with E-state index in [1.54, 1.807) is 0 Å². The van der Waals surface area contributed by atoms with Crippen molar-refractivity contribution in [2.45, 2.75) is 25.5 Å². The van der Waals surface area contributed by atoms with Gasteiger partial charge in [-0.3, -0.25) is 4.79 Å². The molecule has 1 aromatic heterocycles. The highest BCUT2D eigenvalue weighted by molar-refractivity contribution is 5.83. The van der Waals surface area contributed by atoms with Gasteiger partial charge in [0.15, 0.2) is 0 Å². The molecule has 6 heteroatoms. The molecule has 2 aromatic rings. The normalized spacial score (nSPS) is 18.0. The van der Waals surface area contributed by atoms with Crippen LogP contribution in [0.1, 0.15) is 18.4 Å². The van der Waals surface area contributed by atoms with Crippen LogP contribution in [0.15, 0.2) is 33.5 Å². The third-order valence-electron chi connectivity index (χ3n) is 3.47. The average molecular weight is 291 g/mol. The Morgan fingerprint density at radius 3 is 3.00 bits per heavy atom. The van der Waals surface area contributed by atoms with Crippen molar-refractivity contribution in [3.63, 3.8) is 0 Å². The Labute approximate surface area is 119 Å². The number of hydrogen-bond donors (Lipinski definition) is 1. The van der Waals surface area contributed by atoms with E-state index in [1.807, 2.05) is 0 Å². The van der Waals surface area contributed by atoms with Gasteiger partial charge in [0.2, 0.25) is 5.91 Å². The maximum atomic E-state index is 13.2. The van der Waals surface area contributed by atoms with Crippen molar-refractivity contribution in [3.05, 3.63) is 46.1 Å². The first-order valence-electron chi connectivity index (χ1n) is 6.75. The van der Waals surface area contributed by atoms with Crippen molar-refractivity contribution in [1.29, 1.82) is 0 Å². The summed E-state index contributed by atoms with van der Waals surface area (Å²) in [6.45, 7) is 0.766.